The zero-order valence-corrected chi connectivity index (χ0v) is 12.2. The van der Waals surface area contributed by atoms with Gasteiger partial charge in [-0.05, 0) is 61.4 Å². The average Bonchev–Trinajstić information content (AvgIpc) is 2.30. The number of anilines is 1. The van der Waals surface area contributed by atoms with Gasteiger partial charge in [-0.25, -0.2) is 4.39 Å². The largest absolute Gasteiger partial charge is 0.378 e. The summed E-state index contributed by atoms with van der Waals surface area (Å²) in [5, 5.41) is 4.49. The maximum Gasteiger partial charge on any atom is 0.125 e. The molecule has 0 aliphatic heterocycles. The molecule has 0 amide bonds. The maximum atomic E-state index is 13.3. The first-order valence-electron chi connectivity index (χ1n) is 5.94. The molecule has 0 aliphatic carbocycles. The topological polar surface area (TPSA) is 12.0 Å². The van der Waals surface area contributed by atoms with Crippen molar-refractivity contribution < 1.29 is 4.39 Å². The Bertz CT molecular complexity index is 578. The van der Waals surface area contributed by atoms with Crippen LogP contribution in [0.2, 0.25) is 10.0 Å². The van der Waals surface area contributed by atoms with Gasteiger partial charge in [-0.15, -0.1) is 0 Å². The molecule has 0 fully saturated rings. The van der Waals surface area contributed by atoms with Crippen molar-refractivity contribution in [2.45, 2.75) is 19.9 Å². The van der Waals surface area contributed by atoms with Gasteiger partial charge >= 0.3 is 0 Å². The Balaban J connectivity index is 2.25. The van der Waals surface area contributed by atoms with Crippen molar-refractivity contribution in [3.63, 3.8) is 0 Å². The highest BCUT2D eigenvalue weighted by Gasteiger charge is 2.11. The Hall–Kier alpha value is -1.25. The molecular formula is C15H14Cl2FN. The van der Waals surface area contributed by atoms with E-state index in [1.54, 1.807) is 12.1 Å². The molecule has 0 saturated carbocycles. The van der Waals surface area contributed by atoms with Gasteiger partial charge in [0.2, 0.25) is 0 Å². The van der Waals surface area contributed by atoms with E-state index in [0.717, 1.165) is 16.8 Å². The SMILES string of the molecule is Cc1cc(F)cc(NC(C)c2cc(Cl)ccc2Cl)c1. The summed E-state index contributed by atoms with van der Waals surface area (Å²) in [6.07, 6.45) is 0. The van der Waals surface area contributed by atoms with Crippen molar-refractivity contribution in [3.05, 3.63) is 63.4 Å². The number of hydrogen-bond donors (Lipinski definition) is 1. The quantitative estimate of drug-likeness (QED) is 0.776. The highest BCUT2D eigenvalue weighted by molar-refractivity contribution is 6.33. The summed E-state index contributed by atoms with van der Waals surface area (Å²) in [7, 11) is 0. The van der Waals surface area contributed by atoms with Crippen molar-refractivity contribution in [3.8, 4) is 0 Å². The lowest BCUT2D eigenvalue weighted by atomic mass is 10.1. The number of rotatable bonds is 3. The predicted molar refractivity (Wildman–Crippen MR) is 79.6 cm³/mol. The van der Waals surface area contributed by atoms with Crippen LogP contribution in [0.3, 0.4) is 0 Å². The van der Waals surface area contributed by atoms with Gasteiger partial charge in [0.25, 0.3) is 0 Å². The summed E-state index contributed by atoms with van der Waals surface area (Å²) in [6, 6.07) is 10.1. The predicted octanol–water partition coefficient (Wildman–Crippen LogP) is 5.61. The van der Waals surface area contributed by atoms with Crippen LogP contribution >= 0.6 is 23.2 Å². The zero-order chi connectivity index (χ0) is 14.0. The smallest absolute Gasteiger partial charge is 0.125 e. The van der Waals surface area contributed by atoms with Crippen molar-refractivity contribution in [1.82, 2.24) is 0 Å². The fourth-order valence-electron chi connectivity index (χ4n) is 1.99. The van der Waals surface area contributed by atoms with Crippen LogP contribution in [0.15, 0.2) is 36.4 Å². The Kier molecular flexibility index (Phi) is 4.33. The zero-order valence-electron chi connectivity index (χ0n) is 10.7. The lowest BCUT2D eigenvalue weighted by Gasteiger charge is -2.17. The van der Waals surface area contributed by atoms with E-state index < -0.39 is 0 Å². The number of benzene rings is 2. The highest BCUT2D eigenvalue weighted by Crippen LogP contribution is 2.29. The molecule has 0 aromatic heterocycles. The number of halogens is 3. The van der Waals surface area contributed by atoms with E-state index in [9.17, 15) is 4.39 Å². The van der Waals surface area contributed by atoms with Gasteiger partial charge in [-0.1, -0.05) is 23.2 Å². The average molecular weight is 298 g/mol. The van der Waals surface area contributed by atoms with E-state index in [0.29, 0.717) is 10.0 Å². The van der Waals surface area contributed by atoms with Crippen LogP contribution in [0.25, 0.3) is 0 Å². The number of hydrogen-bond acceptors (Lipinski definition) is 1. The van der Waals surface area contributed by atoms with Crippen LogP contribution in [-0.2, 0) is 0 Å². The molecule has 0 radical (unpaired) electrons. The first-order chi connectivity index (χ1) is 8.95. The molecule has 1 N–H and O–H groups in total. The molecule has 1 atom stereocenters. The lowest BCUT2D eigenvalue weighted by Crippen LogP contribution is -2.07. The van der Waals surface area contributed by atoms with Gasteiger partial charge in [-0.2, -0.15) is 0 Å². The molecule has 2 aromatic rings. The third-order valence-corrected chi connectivity index (χ3v) is 3.43. The number of aryl methyl sites for hydroxylation is 1. The van der Waals surface area contributed by atoms with Crippen LogP contribution in [0.5, 0.6) is 0 Å². The molecule has 0 heterocycles. The third-order valence-electron chi connectivity index (χ3n) is 2.85. The summed E-state index contributed by atoms with van der Waals surface area (Å²) in [5.74, 6) is -0.258. The van der Waals surface area contributed by atoms with E-state index >= 15 is 0 Å². The second-order valence-electron chi connectivity index (χ2n) is 4.55. The lowest BCUT2D eigenvalue weighted by molar-refractivity contribution is 0.626. The van der Waals surface area contributed by atoms with Crippen LogP contribution in [-0.4, -0.2) is 0 Å². The molecule has 19 heavy (non-hydrogen) atoms. The summed E-state index contributed by atoms with van der Waals surface area (Å²) < 4.78 is 13.3. The first-order valence-corrected chi connectivity index (χ1v) is 6.70. The molecule has 0 saturated heterocycles. The van der Waals surface area contributed by atoms with E-state index in [-0.39, 0.29) is 11.9 Å². The van der Waals surface area contributed by atoms with Gasteiger partial charge in [-0.3, -0.25) is 0 Å². The monoisotopic (exact) mass is 297 g/mol. The minimum absolute atomic E-state index is 0.0626. The molecule has 1 unspecified atom stereocenters. The van der Waals surface area contributed by atoms with Crippen molar-refractivity contribution in [2.24, 2.45) is 0 Å². The molecule has 0 bridgehead atoms. The normalized spacial score (nSPS) is 12.3. The second kappa shape index (κ2) is 5.81. The highest BCUT2D eigenvalue weighted by atomic mass is 35.5. The van der Waals surface area contributed by atoms with Gasteiger partial charge in [0.1, 0.15) is 5.82 Å². The van der Waals surface area contributed by atoms with E-state index in [2.05, 4.69) is 5.32 Å². The van der Waals surface area contributed by atoms with Crippen molar-refractivity contribution >= 4 is 28.9 Å². The summed E-state index contributed by atoms with van der Waals surface area (Å²) >= 11 is 12.1. The van der Waals surface area contributed by atoms with Crippen molar-refractivity contribution in [1.29, 1.82) is 0 Å². The van der Waals surface area contributed by atoms with E-state index in [1.807, 2.05) is 26.0 Å². The molecule has 1 nitrogen and oxygen atoms in total. The molecule has 0 aliphatic rings. The Labute approximate surface area is 122 Å². The van der Waals surface area contributed by atoms with Crippen LogP contribution < -0.4 is 5.32 Å². The standard InChI is InChI=1S/C15H14Cl2FN/c1-9-5-12(18)8-13(6-9)19-10(2)14-7-11(16)3-4-15(14)17/h3-8,10,19H,1-2H3. The van der Waals surface area contributed by atoms with Gasteiger partial charge < -0.3 is 5.32 Å². The molecule has 4 heteroatoms. The Morgan fingerprint density at radius 2 is 1.84 bits per heavy atom. The van der Waals surface area contributed by atoms with Crippen LogP contribution in [0, 0.1) is 12.7 Å². The van der Waals surface area contributed by atoms with Gasteiger partial charge in [0, 0.05) is 15.7 Å². The van der Waals surface area contributed by atoms with E-state index in [4.69, 9.17) is 23.2 Å². The number of nitrogens with one attached hydrogen (secondary N) is 1. The van der Waals surface area contributed by atoms with Crippen molar-refractivity contribution in [2.75, 3.05) is 5.32 Å². The second-order valence-corrected chi connectivity index (χ2v) is 5.39. The van der Waals surface area contributed by atoms with E-state index in [1.165, 1.54) is 12.1 Å². The minimum atomic E-state index is -0.258. The molecule has 2 rings (SSSR count). The fourth-order valence-corrected chi connectivity index (χ4v) is 2.46. The Morgan fingerprint density at radius 1 is 1.11 bits per heavy atom. The molecule has 2 aromatic carbocycles. The minimum Gasteiger partial charge on any atom is -0.378 e. The summed E-state index contributed by atoms with van der Waals surface area (Å²) in [6.45, 7) is 3.81. The first kappa shape index (κ1) is 14.2. The summed E-state index contributed by atoms with van der Waals surface area (Å²) in [5.41, 5.74) is 2.48. The van der Waals surface area contributed by atoms with Gasteiger partial charge in [0.05, 0.1) is 6.04 Å². The maximum absolute atomic E-state index is 13.3. The summed E-state index contributed by atoms with van der Waals surface area (Å²) in [4.78, 5) is 0. The Morgan fingerprint density at radius 3 is 2.53 bits per heavy atom. The van der Waals surface area contributed by atoms with Crippen LogP contribution in [0.4, 0.5) is 10.1 Å². The molecular weight excluding hydrogens is 284 g/mol. The fraction of sp³-hybridized carbons (Fsp3) is 0.200. The van der Waals surface area contributed by atoms with Crippen LogP contribution in [0.1, 0.15) is 24.1 Å². The third kappa shape index (κ3) is 3.62. The molecule has 0 spiro atoms. The molecule has 100 valence electrons. The van der Waals surface area contributed by atoms with Gasteiger partial charge in [0.15, 0.2) is 0 Å².